The van der Waals surface area contributed by atoms with E-state index in [0.29, 0.717) is 25.1 Å². The SMILES string of the molecule is CCOC(=O)C1CC/C(=C(/C#N)C(=O)OC)N1. The fourth-order valence-corrected chi connectivity index (χ4v) is 1.60. The Morgan fingerprint density at radius 3 is 2.82 bits per heavy atom. The van der Waals surface area contributed by atoms with E-state index in [4.69, 9.17) is 10.00 Å². The number of esters is 2. The van der Waals surface area contributed by atoms with Gasteiger partial charge in [-0.05, 0) is 19.8 Å². The topological polar surface area (TPSA) is 88.4 Å². The summed E-state index contributed by atoms with van der Waals surface area (Å²) in [6.45, 7) is 2.02. The molecule has 6 nitrogen and oxygen atoms in total. The van der Waals surface area contributed by atoms with Gasteiger partial charge in [0.05, 0.1) is 13.7 Å². The Morgan fingerprint density at radius 2 is 2.29 bits per heavy atom. The number of ether oxygens (including phenoxy) is 2. The number of rotatable bonds is 3. The van der Waals surface area contributed by atoms with Gasteiger partial charge in [-0.3, -0.25) is 0 Å². The minimum atomic E-state index is -0.695. The number of methoxy groups -OCH3 is 1. The molecular formula is C11H14N2O4. The van der Waals surface area contributed by atoms with Crippen molar-refractivity contribution < 1.29 is 19.1 Å². The first-order valence-electron chi connectivity index (χ1n) is 5.28. The lowest BCUT2D eigenvalue weighted by atomic mass is 10.2. The Kier molecular flexibility index (Phi) is 4.52. The van der Waals surface area contributed by atoms with Gasteiger partial charge in [0.25, 0.3) is 0 Å². The standard InChI is InChI=1S/C11H14N2O4/c1-3-17-11(15)9-5-4-8(13-9)7(6-12)10(14)16-2/h9,13H,3-5H2,1-2H3/b8-7+. The van der Waals surface area contributed by atoms with E-state index in [-0.39, 0.29) is 11.5 Å². The van der Waals surface area contributed by atoms with Crippen LogP contribution in [0.25, 0.3) is 0 Å². The molecule has 0 aromatic heterocycles. The predicted molar refractivity (Wildman–Crippen MR) is 57.4 cm³/mol. The van der Waals surface area contributed by atoms with Gasteiger partial charge in [-0.15, -0.1) is 0 Å². The van der Waals surface area contributed by atoms with Gasteiger partial charge in [0.1, 0.15) is 12.1 Å². The van der Waals surface area contributed by atoms with Gasteiger partial charge in [0, 0.05) is 5.70 Å². The Hall–Kier alpha value is -2.03. The molecule has 1 atom stereocenters. The van der Waals surface area contributed by atoms with Crippen LogP contribution < -0.4 is 5.32 Å². The highest BCUT2D eigenvalue weighted by molar-refractivity contribution is 5.93. The molecule has 0 aliphatic carbocycles. The molecule has 0 aromatic rings. The molecular weight excluding hydrogens is 224 g/mol. The van der Waals surface area contributed by atoms with Crippen molar-refractivity contribution in [1.29, 1.82) is 5.26 Å². The van der Waals surface area contributed by atoms with Crippen molar-refractivity contribution in [1.82, 2.24) is 5.32 Å². The molecule has 1 heterocycles. The maximum absolute atomic E-state index is 11.4. The molecule has 1 aliphatic rings. The molecule has 0 amide bonds. The van der Waals surface area contributed by atoms with Crippen LogP contribution in [0.1, 0.15) is 19.8 Å². The number of hydrogen-bond acceptors (Lipinski definition) is 6. The lowest BCUT2D eigenvalue weighted by Crippen LogP contribution is -2.32. The summed E-state index contributed by atoms with van der Waals surface area (Å²) in [4.78, 5) is 22.7. The van der Waals surface area contributed by atoms with Crippen LogP contribution >= 0.6 is 0 Å². The third-order valence-electron chi connectivity index (χ3n) is 2.41. The first-order valence-corrected chi connectivity index (χ1v) is 5.28. The van der Waals surface area contributed by atoms with E-state index in [1.807, 2.05) is 0 Å². The lowest BCUT2D eigenvalue weighted by Gasteiger charge is -2.10. The summed E-state index contributed by atoms with van der Waals surface area (Å²) in [5, 5.41) is 11.7. The molecule has 17 heavy (non-hydrogen) atoms. The minimum absolute atomic E-state index is 0.0840. The summed E-state index contributed by atoms with van der Waals surface area (Å²) in [5.41, 5.74) is 0.358. The number of carbonyl (C=O) groups is 2. The van der Waals surface area contributed by atoms with Gasteiger partial charge in [-0.2, -0.15) is 5.26 Å². The highest BCUT2D eigenvalue weighted by atomic mass is 16.5. The Labute approximate surface area is 99.2 Å². The molecule has 1 rings (SSSR count). The fraction of sp³-hybridized carbons (Fsp3) is 0.545. The average molecular weight is 238 g/mol. The van der Waals surface area contributed by atoms with Gasteiger partial charge >= 0.3 is 11.9 Å². The second-order valence-corrected chi connectivity index (χ2v) is 3.44. The maximum Gasteiger partial charge on any atom is 0.350 e. The first kappa shape index (κ1) is 13.0. The molecule has 1 saturated heterocycles. The third-order valence-corrected chi connectivity index (χ3v) is 2.41. The average Bonchev–Trinajstić information content (AvgIpc) is 2.79. The molecule has 92 valence electrons. The molecule has 0 aromatic carbocycles. The number of nitriles is 1. The number of nitrogens with zero attached hydrogens (tertiary/aromatic N) is 1. The summed E-state index contributed by atoms with van der Waals surface area (Å²) >= 11 is 0. The second kappa shape index (κ2) is 5.89. The van der Waals surface area contributed by atoms with Crippen molar-refractivity contribution >= 4 is 11.9 Å². The van der Waals surface area contributed by atoms with E-state index in [0.717, 1.165) is 0 Å². The minimum Gasteiger partial charge on any atom is -0.465 e. The van der Waals surface area contributed by atoms with E-state index >= 15 is 0 Å². The van der Waals surface area contributed by atoms with Crippen LogP contribution in [0.2, 0.25) is 0 Å². The van der Waals surface area contributed by atoms with Gasteiger partial charge in [-0.25, -0.2) is 9.59 Å². The first-order chi connectivity index (χ1) is 8.13. The van der Waals surface area contributed by atoms with E-state index < -0.39 is 12.0 Å². The van der Waals surface area contributed by atoms with Crippen LogP contribution in [0, 0.1) is 11.3 Å². The lowest BCUT2D eigenvalue weighted by molar-refractivity contribution is -0.145. The highest BCUT2D eigenvalue weighted by Crippen LogP contribution is 2.20. The molecule has 1 fully saturated rings. The summed E-state index contributed by atoms with van der Waals surface area (Å²) in [5.74, 6) is -1.07. The molecule has 1 N–H and O–H groups in total. The zero-order valence-electron chi connectivity index (χ0n) is 9.78. The molecule has 0 bridgehead atoms. The van der Waals surface area contributed by atoms with Crippen molar-refractivity contribution in [3.8, 4) is 6.07 Å². The number of hydrogen-bond donors (Lipinski definition) is 1. The van der Waals surface area contributed by atoms with Gasteiger partial charge in [0.2, 0.25) is 0 Å². The molecule has 1 aliphatic heterocycles. The van der Waals surface area contributed by atoms with Crippen LogP contribution in [-0.2, 0) is 19.1 Å². The van der Waals surface area contributed by atoms with E-state index in [9.17, 15) is 9.59 Å². The fourth-order valence-electron chi connectivity index (χ4n) is 1.60. The van der Waals surface area contributed by atoms with Crippen molar-refractivity contribution in [3.63, 3.8) is 0 Å². The summed E-state index contributed by atoms with van der Waals surface area (Å²) < 4.78 is 9.33. The molecule has 0 radical (unpaired) electrons. The number of nitrogens with one attached hydrogen (secondary N) is 1. The summed E-state index contributed by atoms with van der Waals surface area (Å²) in [6, 6.07) is 1.29. The Balaban J connectivity index is 2.78. The van der Waals surface area contributed by atoms with Gasteiger partial charge < -0.3 is 14.8 Å². The second-order valence-electron chi connectivity index (χ2n) is 3.44. The molecule has 0 saturated carbocycles. The van der Waals surface area contributed by atoms with Crippen molar-refractivity contribution in [2.45, 2.75) is 25.8 Å². The quantitative estimate of drug-likeness (QED) is 0.431. The van der Waals surface area contributed by atoms with E-state index in [2.05, 4.69) is 10.1 Å². The van der Waals surface area contributed by atoms with Crippen LogP contribution in [0.3, 0.4) is 0 Å². The maximum atomic E-state index is 11.4. The molecule has 1 unspecified atom stereocenters. The van der Waals surface area contributed by atoms with E-state index in [1.165, 1.54) is 7.11 Å². The normalized spacial score (nSPS) is 21.1. The zero-order chi connectivity index (χ0) is 12.8. The summed E-state index contributed by atoms with van der Waals surface area (Å²) in [6.07, 6.45) is 0.970. The Bertz CT molecular complexity index is 395. The molecule has 6 heteroatoms. The number of allylic oxidation sites excluding steroid dienone is 1. The number of carbonyl (C=O) groups excluding carboxylic acids is 2. The zero-order valence-corrected chi connectivity index (χ0v) is 9.78. The van der Waals surface area contributed by atoms with Gasteiger partial charge in [-0.1, -0.05) is 0 Å². The smallest absolute Gasteiger partial charge is 0.350 e. The van der Waals surface area contributed by atoms with Crippen molar-refractivity contribution in [2.24, 2.45) is 0 Å². The molecule has 0 spiro atoms. The predicted octanol–water partition coefficient (Wildman–Crippen LogP) is 0.252. The van der Waals surface area contributed by atoms with Crippen molar-refractivity contribution in [3.05, 3.63) is 11.3 Å². The van der Waals surface area contributed by atoms with Crippen LogP contribution in [-0.4, -0.2) is 31.7 Å². The van der Waals surface area contributed by atoms with Crippen LogP contribution in [0.15, 0.2) is 11.3 Å². The van der Waals surface area contributed by atoms with E-state index in [1.54, 1.807) is 13.0 Å². The highest BCUT2D eigenvalue weighted by Gasteiger charge is 2.30. The monoisotopic (exact) mass is 238 g/mol. The largest absolute Gasteiger partial charge is 0.465 e. The third kappa shape index (κ3) is 2.97. The van der Waals surface area contributed by atoms with Gasteiger partial charge in [0.15, 0.2) is 5.57 Å². The van der Waals surface area contributed by atoms with Crippen LogP contribution in [0.5, 0.6) is 0 Å². The Morgan fingerprint density at radius 1 is 1.59 bits per heavy atom. The summed E-state index contributed by atoms with van der Waals surface area (Å²) in [7, 11) is 1.21. The van der Waals surface area contributed by atoms with Crippen molar-refractivity contribution in [2.75, 3.05) is 13.7 Å². The van der Waals surface area contributed by atoms with Crippen LogP contribution in [0.4, 0.5) is 0 Å².